The third kappa shape index (κ3) is 3.51. The summed E-state index contributed by atoms with van der Waals surface area (Å²) in [5, 5.41) is 8.66. The number of ether oxygens (including phenoxy) is 1. The summed E-state index contributed by atoms with van der Waals surface area (Å²) in [6.07, 6.45) is 0.642. The number of methoxy groups -OCH3 is 1. The number of rotatable bonds is 6. The number of hydrogen-bond donors (Lipinski definition) is 0. The van der Waals surface area contributed by atoms with Crippen LogP contribution in [-0.4, -0.2) is 40.0 Å². The Morgan fingerprint density at radius 1 is 1.53 bits per heavy atom. The maximum absolute atomic E-state index is 12.0. The summed E-state index contributed by atoms with van der Waals surface area (Å²) in [5.41, 5.74) is 0. The Kier molecular flexibility index (Phi) is 5.08. The van der Waals surface area contributed by atoms with Crippen molar-refractivity contribution in [2.45, 2.75) is 10.6 Å². The normalized spacial score (nSPS) is 11.6. The first kappa shape index (κ1) is 14.1. The molecule has 5 nitrogen and oxygen atoms in total. The Balaban J connectivity index is 2.77. The fraction of sp³-hybridized carbons (Fsp3) is 0.500. The quantitative estimate of drug-likeness (QED) is 0.733. The minimum atomic E-state index is -3.46. The van der Waals surface area contributed by atoms with Crippen LogP contribution in [0, 0.1) is 11.3 Å². The predicted molar refractivity (Wildman–Crippen MR) is 65.3 cm³/mol. The van der Waals surface area contributed by atoms with Crippen molar-refractivity contribution in [2.24, 2.45) is 0 Å². The summed E-state index contributed by atoms with van der Waals surface area (Å²) < 4.78 is 30.4. The van der Waals surface area contributed by atoms with Gasteiger partial charge in [0.15, 0.2) is 0 Å². The molecule has 0 atom stereocenters. The Morgan fingerprint density at radius 3 is 2.76 bits per heavy atom. The molecule has 0 saturated heterocycles. The summed E-state index contributed by atoms with van der Waals surface area (Å²) >= 11 is 0.985. The minimum absolute atomic E-state index is 0.203. The summed E-state index contributed by atoms with van der Waals surface area (Å²) in [5.74, 6) is 0. The zero-order chi connectivity index (χ0) is 12.9. The molecule has 1 rings (SSSR count). The van der Waals surface area contributed by atoms with Crippen molar-refractivity contribution in [1.29, 1.82) is 5.26 Å². The average molecular weight is 274 g/mol. The van der Waals surface area contributed by atoms with Gasteiger partial charge in [-0.2, -0.15) is 5.26 Å². The van der Waals surface area contributed by atoms with Gasteiger partial charge in [-0.25, -0.2) is 12.7 Å². The van der Waals surface area contributed by atoms with Crippen LogP contribution in [0.25, 0.3) is 0 Å². The molecule has 0 aliphatic heterocycles. The van der Waals surface area contributed by atoms with Gasteiger partial charge in [-0.15, -0.1) is 11.3 Å². The van der Waals surface area contributed by atoms with Crippen molar-refractivity contribution in [3.8, 4) is 6.07 Å². The number of nitrogens with zero attached hydrogens (tertiary/aromatic N) is 2. The topological polar surface area (TPSA) is 70.4 Å². The van der Waals surface area contributed by atoms with E-state index in [2.05, 4.69) is 0 Å². The molecular formula is C10H14N2O3S2. The molecule has 0 amide bonds. The van der Waals surface area contributed by atoms with Crippen molar-refractivity contribution >= 4 is 21.4 Å². The zero-order valence-corrected chi connectivity index (χ0v) is 11.3. The van der Waals surface area contributed by atoms with Gasteiger partial charge in [0.05, 0.1) is 0 Å². The van der Waals surface area contributed by atoms with Crippen LogP contribution in [0.2, 0.25) is 0 Å². The SMILES string of the molecule is COCCCN(C)S(=O)(=O)c1ccc(C#N)s1. The van der Waals surface area contributed by atoms with Crippen LogP contribution in [0.3, 0.4) is 0 Å². The lowest BCUT2D eigenvalue weighted by molar-refractivity contribution is 0.189. The molecule has 7 heteroatoms. The molecule has 0 bridgehead atoms. The summed E-state index contributed by atoms with van der Waals surface area (Å²) in [6.45, 7) is 0.920. The zero-order valence-electron chi connectivity index (χ0n) is 9.71. The Labute approximate surface area is 105 Å². The van der Waals surface area contributed by atoms with Crippen LogP contribution in [0.1, 0.15) is 11.3 Å². The molecule has 0 unspecified atom stereocenters. The maximum Gasteiger partial charge on any atom is 0.252 e. The summed E-state index contributed by atoms with van der Waals surface area (Å²) in [4.78, 5) is 0.397. The molecule has 0 aliphatic carbocycles. The minimum Gasteiger partial charge on any atom is -0.385 e. The highest BCUT2D eigenvalue weighted by Gasteiger charge is 2.22. The van der Waals surface area contributed by atoms with E-state index in [1.54, 1.807) is 7.11 Å². The lowest BCUT2D eigenvalue weighted by atomic mass is 10.5. The second-order valence-corrected chi connectivity index (χ2v) is 6.76. The van der Waals surface area contributed by atoms with Crippen LogP contribution in [0.5, 0.6) is 0 Å². The van der Waals surface area contributed by atoms with E-state index in [0.717, 1.165) is 11.3 Å². The van der Waals surface area contributed by atoms with E-state index in [1.807, 2.05) is 6.07 Å². The molecule has 1 aromatic heterocycles. The highest BCUT2D eigenvalue weighted by molar-refractivity contribution is 7.91. The molecule has 0 aliphatic rings. The van der Waals surface area contributed by atoms with Gasteiger partial charge in [-0.05, 0) is 18.6 Å². The van der Waals surface area contributed by atoms with Crippen LogP contribution in [0.4, 0.5) is 0 Å². The van der Waals surface area contributed by atoms with Gasteiger partial charge in [0, 0.05) is 27.3 Å². The van der Waals surface area contributed by atoms with Gasteiger partial charge < -0.3 is 4.74 Å². The monoisotopic (exact) mass is 274 g/mol. The maximum atomic E-state index is 12.0. The molecule has 1 aromatic rings. The fourth-order valence-corrected chi connectivity index (χ4v) is 3.75. The van der Waals surface area contributed by atoms with Gasteiger partial charge in [0.25, 0.3) is 10.0 Å². The highest BCUT2D eigenvalue weighted by atomic mass is 32.2. The number of nitriles is 1. The Hall–Kier alpha value is -0.940. The van der Waals surface area contributed by atoms with E-state index in [4.69, 9.17) is 10.00 Å². The van der Waals surface area contributed by atoms with E-state index in [9.17, 15) is 8.42 Å². The van der Waals surface area contributed by atoms with Gasteiger partial charge >= 0.3 is 0 Å². The number of thiophene rings is 1. The van der Waals surface area contributed by atoms with Crippen LogP contribution in [0.15, 0.2) is 16.3 Å². The van der Waals surface area contributed by atoms with E-state index >= 15 is 0 Å². The standard InChI is InChI=1S/C10H14N2O3S2/c1-12(6-3-7-15-2)17(13,14)10-5-4-9(8-11)16-10/h4-5H,3,6-7H2,1-2H3. The van der Waals surface area contributed by atoms with Crippen molar-refractivity contribution < 1.29 is 13.2 Å². The fourth-order valence-electron chi connectivity index (χ4n) is 1.22. The van der Waals surface area contributed by atoms with Gasteiger partial charge in [-0.1, -0.05) is 0 Å². The third-order valence-corrected chi connectivity index (χ3v) is 5.49. The molecular weight excluding hydrogens is 260 g/mol. The summed E-state index contributed by atoms with van der Waals surface area (Å²) in [6, 6.07) is 4.90. The van der Waals surface area contributed by atoms with E-state index in [1.165, 1.54) is 23.5 Å². The Morgan fingerprint density at radius 2 is 2.24 bits per heavy atom. The van der Waals surface area contributed by atoms with Gasteiger partial charge in [0.2, 0.25) is 0 Å². The second kappa shape index (κ2) is 6.12. The molecule has 0 aromatic carbocycles. The highest BCUT2D eigenvalue weighted by Crippen LogP contribution is 2.23. The van der Waals surface area contributed by atoms with Crippen LogP contribution in [-0.2, 0) is 14.8 Å². The van der Waals surface area contributed by atoms with E-state index in [0.29, 0.717) is 24.4 Å². The largest absolute Gasteiger partial charge is 0.385 e. The first-order chi connectivity index (χ1) is 8.02. The van der Waals surface area contributed by atoms with Crippen molar-refractivity contribution in [1.82, 2.24) is 4.31 Å². The molecule has 0 fully saturated rings. The van der Waals surface area contributed by atoms with E-state index in [-0.39, 0.29) is 4.21 Å². The van der Waals surface area contributed by atoms with Crippen LogP contribution < -0.4 is 0 Å². The summed E-state index contributed by atoms with van der Waals surface area (Å²) in [7, 11) is -0.363. The number of sulfonamides is 1. The van der Waals surface area contributed by atoms with Crippen molar-refractivity contribution in [3.05, 3.63) is 17.0 Å². The average Bonchev–Trinajstić information content (AvgIpc) is 2.78. The van der Waals surface area contributed by atoms with Gasteiger partial charge in [-0.3, -0.25) is 0 Å². The van der Waals surface area contributed by atoms with E-state index < -0.39 is 10.0 Å². The first-order valence-corrected chi connectivity index (χ1v) is 7.23. The smallest absolute Gasteiger partial charge is 0.252 e. The second-order valence-electron chi connectivity index (χ2n) is 3.40. The predicted octanol–water partition coefficient (Wildman–Crippen LogP) is 1.28. The molecule has 0 N–H and O–H groups in total. The molecule has 1 heterocycles. The van der Waals surface area contributed by atoms with Gasteiger partial charge in [0.1, 0.15) is 15.2 Å². The van der Waals surface area contributed by atoms with Crippen LogP contribution >= 0.6 is 11.3 Å². The molecule has 94 valence electrons. The number of hydrogen-bond acceptors (Lipinski definition) is 5. The third-order valence-electron chi connectivity index (χ3n) is 2.18. The molecule has 0 radical (unpaired) electrons. The first-order valence-electron chi connectivity index (χ1n) is 4.97. The van der Waals surface area contributed by atoms with Crippen molar-refractivity contribution in [3.63, 3.8) is 0 Å². The Bertz CT molecular complexity index is 502. The lowest BCUT2D eigenvalue weighted by Crippen LogP contribution is -2.27. The molecule has 0 saturated carbocycles. The molecule has 0 spiro atoms. The lowest BCUT2D eigenvalue weighted by Gasteiger charge is -2.15. The van der Waals surface area contributed by atoms with Crippen molar-refractivity contribution in [2.75, 3.05) is 27.3 Å². The molecule has 17 heavy (non-hydrogen) atoms.